The molecule has 0 radical (unpaired) electrons. The van der Waals surface area contributed by atoms with Crippen LogP contribution in [-0.4, -0.2) is 21.7 Å². The molecule has 2 N–H and O–H groups in total. The van der Waals surface area contributed by atoms with E-state index in [1.807, 2.05) is 6.92 Å². The van der Waals surface area contributed by atoms with Crippen LogP contribution >= 0.6 is 0 Å². The van der Waals surface area contributed by atoms with Gasteiger partial charge in [-0.1, -0.05) is 12.1 Å². The standard InChI is InChI=1S/C11H14N4O2/c1-2-5-16-7-10-14-11(17-15-10)8-3-4-13-6-9(8)12/h3-4,6H,2,5,7,12H2,1H3. The number of aromatic nitrogens is 3. The van der Waals surface area contributed by atoms with Crippen molar-refractivity contribution in [1.29, 1.82) is 0 Å². The van der Waals surface area contributed by atoms with Crippen LogP contribution < -0.4 is 5.73 Å². The third-order valence-corrected chi connectivity index (χ3v) is 2.13. The Bertz CT molecular complexity index is 484. The Labute approximate surface area is 98.8 Å². The quantitative estimate of drug-likeness (QED) is 0.791. The fraction of sp³-hybridized carbons (Fsp3) is 0.364. The maximum Gasteiger partial charge on any atom is 0.260 e. The van der Waals surface area contributed by atoms with E-state index in [9.17, 15) is 0 Å². The van der Waals surface area contributed by atoms with E-state index in [1.54, 1.807) is 18.5 Å². The third kappa shape index (κ3) is 2.79. The van der Waals surface area contributed by atoms with Crippen LogP contribution in [0.1, 0.15) is 19.2 Å². The van der Waals surface area contributed by atoms with Crippen molar-refractivity contribution in [3.05, 3.63) is 24.3 Å². The predicted molar refractivity (Wildman–Crippen MR) is 61.9 cm³/mol. The molecule has 2 aromatic rings. The Kier molecular flexibility index (Phi) is 3.66. The molecule has 2 aromatic heterocycles. The van der Waals surface area contributed by atoms with E-state index in [0.717, 1.165) is 6.42 Å². The SMILES string of the molecule is CCCOCc1noc(-c2ccncc2N)n1. The molecule has 0 aliphatic heterocycles. The summed E-state index contributed by atoms with van der Waals surface area (Å²) in [5.74, 6) is 0.907. The Hall–Kier alpha value is -1.95. The molecule has 6 heteroatoms. The molecule has 0 saturated heterocycles. The number of hydrogen-bond acceptors (Lipinski definition) is 6. The number of hydrogen-bond donors (Lipinski definition) is 1. The second-order valence-electron chi connectivity index (χ2n) is 3.53. The first kappa shape index (κ1) is 11.5. The van der Waals surface area contributed by atoms with Gasteiger partial charge >= 0.3 is 0 Å². The van der Waals surface area contributed by atoms with Gasteiger partial charge in [0.05, 0.1) is 17.4 Å². The van der Waals surface area contributed by atoms with E-state index < -0.39 is 0 Å². The van der Waals surface area contributed by atoms with E-state index in [1.165, 1.54) is 0 Å². The molecule has 90 valence electrons. The lowest BCUT2D eigenvalue weighted by atomic mass is 10.2. The van der Waals surface area contributed by atoms with Crippen molar-refractivity contribution in [3.63, 3.8) is 0 Å². The summed E-state index contributed by atoms with van der Waals surface area (Å²) in [6.07, 6.45) is 4.14. The minimum atomic E-state index is 0.350. The van der Waals surface area contributed by atoms with E-state index in [0.29, 0.717) is 36.2 Å². The van der Waals surface area contributed by atoms with Crippen molar-refractivity contribution in [2.24, 2.45) is 0 Å². The Balaban J connectivity index is 2.10. The van der Waals surface area contributed by atoms with Crippen molar-refractivity contribution in [2.75, 3.05) is 12.3 Å². The van der Waals surface area contributed by atoms with Gasteiger partial charge in [-0.25, -0.2) is 0 Å². The van der Waals surface area contributed by atoms with Gasteiger partial charge in [-0.2, -0.15) is 4.98 Å². The molecule has 17 heavy (non-hydrogen) atoms. The number of nitrogens with zero attached hydrogens (tertiary/aromatic N) is 3. The smallest absolute Gasteiger partial charge is 0.260 e. The molecule has 0 atom stereocenters. The minimum Gasteiger partial charge on any atom is -0.397 e. The van der Waals surface area contributed by atoms with Crippen LogP contribution in [0.2, 0.25) is 0 Å². The third-order valence-electron chi connectivity index (χ3n) is 2.13. The van der Waals surface area contributed by atoms with Crippen LogP contribution in [0.3, 0.4) is 0 Å². The Morgan fingerprint density at radius 1 is 1.47 bits per heavy atom. The second kappa shape index (κ2) is 5.40. The Morgan fingerprint density at radius 3 is 3.12 bits per heavy atom. The molecule has 0 unspecified atom stereocenters. The molecular weight excluding hydrogens is 220 g/mol. The molecule has 2 rings (SSSR count). The molecule has 0 amide bonds. The first-order valence-corrected chi connectivity index (χ1v) is 5.41. The van der Waals surface area contributed by atoms with Gasteiger partial charge in [0.15, 0.2) is 5.82 Å². The normalized spacial score (nSPS) is 10.6. The van der Waals surface area contributed by atoms with Crippen LogP contribution in [0.4, 0.5) is 5.69 Å². The van der Waals surface area contributed by atoms with Crippen molar-refractivity contribution < 1.29 is 9.26 Å². The van der Waals surface area contributed by atoms with Gasteiger partial charge in [-0.15, -0.1) is 0 Å². The molecule has 0 aliphatic rings. The van der Waals surface area contributed by atoms with Crippen LogP contribution in [0.25, 0.3) is 11.5 Å². The highest BCUT2D eigenvalue weighted by molar-refractivity contribution is 5.68. The zero-order chi connectivity index (χ0) is 12.1. The molecule has 0 saturated carbocycles. The van der Waals surface area contributed by atoms with Gasteiger partial charge in [-0.3, -0.25) is 4.98 Å². The molecule has 0 aromatic carbocycles. The highest BCUT2D eigenvalue weighted by atomic mass is 16.5. The summed E-state index contributed by atoms with van der Waals surface area (Å²) < 4.78 is 10.4. The zero-order valence-corrected chi connectivity index (χ0v) is 9.59. The van der Waals surface area contributed by atoms with Gasteiger partial charge in [0, 0.05) is 12.8 Å². The topological polar surface area (TPSA) is 87.1 Å². The summed E-state index contributed by atoms with van der Waals surface area (Å²) in [5.41, 5.74) is 6.96. The van der Waals surface area contributed by atoms with Crippen molar-refractivity contribution in [1.82, 2.24) is 15.1 Å². The van der Waals surface area contributed by atoms with Gasteiger partial charge in [0.25, 0.3) is 5.89 Å². The largest absolute Gasteiger partial charge is 0.397 e. The average molecular weight is 234 g/mol. The summed E-state index contributed by atoms with van der Waals surface area (Å²) in [6, 6.07) is 1.74. The lowest BCUT2D eigenvalue weighted by Gasteiger charge is -1.97. The lowest BCUT2D eigenvalue weighted by molar-refractivity contribution is 0.114. The van der Waals surface area contributed by atoms with E-state index >= 15 is 0 Å². The molecule has 0 spiro atoms. The van der Waals surface area contributed by atoms with Crippen molar-refractivity contribution >= 4 is 5.69 Å². The van der Waals surface area contributed by atoms with E-state index in [2.05, 4.69) is 15.1 Å². The molecule has 0 fully saturated rings. The first-order chi connectivity index (χ1) is 8.31. The number of anilines is 1. The summed E-state index contributed by atoms with van der Waals surface area (Å²) in [5, 5.41) is 3.82. The number of rotatable bonds is 5. The summed E-state index contributed by atoms with van der Waals surface area (Å²) in [6.45, 7) is 3.07. The van der Waals surface area contributed by atoms with Crippen LogP contribution in [-0.2, 0) is 11.3 Å². The zero-order valence-electron chi connectivity index (χ0n) is 9.59. The molecule has 0 bridgehead atoms. The number of ether oxygens (including phenoxy) is 1. The number of nitrogen functional groups attached to an aromatic ring is 1. The molecule has 6 nitrogen and oxygen atoms in total. The fourth-order valence-corrected chi connectivity index (χ4v) is 1.33. The Morgan fingerprint density at radius 2 is 2.35 bits per heavy atom. The maximum atomic E-state index is 5.76. The van der Waals surface area contributed by atoms with Gasteiger partial charge in [0.2, 0.25) is 0 Å². The van der Waals surface area contributed by atoms with Crippen LogP contribution in [0.15, 0.2) is 23.0 Å². The van der Waals surface area contributed by atoms with Crippen LogP contribution in [0, 0.1) is 0 Å². The predicted octanol–water partition coefficient (Wildman–Crippen LogP) is 1.64. The molecular formula is C11H14N4O2. The monoisotopic (exact) mass is 234 g/mol. The summed E-state index contributed by atoms with van der Waals surface area (Å²) >= 11 is 0. The highest BCUT2D eigenvalue weighted by Crippen LogP contribution is 2.22. The summed E-state index contributed by atoms with van der Waals surface area (Å²) in [4.78, 5) is 8.10. The number of pyridine rings is 1. The van der Waals surface area contributed by atoms with Gasteiger partial charge in [-0.05, 0) is 12.5 Å². The number of nitrogens with two attached hydrogens (primary N) is 1. The minimum absolute atomic E-state index is 0.350. The van der Waals surface area contributed by atoms with Crippen molar-refractivity contribution in [3.8, 4) is 11.5 Å². The molecule has 0 aliphatic carbocycles. The molecule has 2 heterocycles. The highest BCUT2D eigenvalue weighted by Gasteiger charge is 2.11. The maximum absolute atomic E-state index is 5.76. The van der Waals surface area contributed by atoms with E-state index in [4.69, 9.17) is 15.0 Å². The van der Waals surface area contributed by atoms with Crippen molar-refractivity contribution in [2.45, 2.75) is 20.0 Å². The van der Waals surface area contributed by atoms with Gasteiger partial charge in [0.1, 0.15) is 6.61 Å². The van der Waals surface area contributed by atoms with E-state index in [-0.39, 0.29) is 0 Å². The average Bonchev–Trinajstić information content (AvgIpc) is 2.79. The first-order valence-electron chi connectivity index (χ1n) is 5.41. The summed E-state index contributed by atoms with van der Waals surface area (Å²) in [7, 11) is 0. The second-order valence-corrected chi connectivity index (χ2v) is 3.53. The lowest BCUT2D eigenvalue weighted by Crippen LogP contribution is -1.96. The van der Waals surface area contributed by atoms with Gasteiger partial charge < -0.3 is 15.0 Å². The van der Waals surface area contributed by atoms with Crippen LogP contribution in [0.5, 0.6) is 0 Å². The fourth-order valence-electron chi connectivity index (χ4n) is 1.33.